The van der Waals surface area contributed by atoms with E-state index in [2.05, 4.69) is 0 Å². The Morgan fingerprint density at radius 3 is 2.31 bits per heavy atom. The number of benzene rings is 1. The van der Waals surface area contributed by atoms with Crippen LogP contribution in [-0.2, 0) is 0 Å². The Bertz CT molecular complexity index is 334. The Morgan fingerprint density at radius 2 is 1.85 bits per heavy atom. The molecule has 0 aliphatic carbocycles. The minimum absolute atomic E-state index is 0.00231. The van der Waals surface area contributed by atoms with E-state index in [0.717, 1.165) is 0 Å². The van der Waals surface area contributed by atoms with Gasteiger partial charge in [0.25, 0.3) is 0 Å². The maximum absolute atomic E-state index is 11.5. The van der Waals surface area contributed by atoms with Crippen LogP contribution in [0.15, 0.2) is 35.9 Å². The third kappa shape index (κ3) is 2.18. The van der Waals surface area contributed by atoms with Crippen molar-refractivity contribution >= 4 is 5.78 Å². The number of phenols is 1. The topological polar surface area (TPSA) is 37.3 Å². The van der Waals surface area contributed by atoms with E-state index in [0.29, 0.717) is 11.1 Å². The van der Waals surface area contributed by atoms with Crippen molar-refractivity contribution in [2.45, 2.75) is 13.8 Å². The molecular formula is C11H12O2. The van der Waals surface area contributed by atoms with Gasteiger partial charge in [0.15, 0.2) is 5.78 Å². The van der Waals surface area contributed by atoms with Crippen LogP contribution in [-0.4, -0.2) is 10.9 Å². The summed E-state index contributed by atoms with van der Waals surface area (Å²) in [4.78, 5) is 11.5. The standard InChI is InChI=1S/C11H12O2/c1-3-8(2)11(13)9-4-6-10(12)7-5-9/h3-7,12H,1-2H3/b8-3+. The molecule has 0 fully saturated rings. The first-order chi connectivity index (χ1) is 6.15. The molecule has 0 aliphatic rings. The molecular weight excluding hydrogens is 164 g/mol. The Balaban J connectivity index is 2.97. The van der Waals surface area contributed by atoms with Gasteiger partial charge >= 0.3 is 0 Å². The van der Waals surface area contributed by atoms with Gasteiger partial charge in [-0.1, -0.05) is 6.08 Å². The average molecular weight is 176 g/mol. The first-order valence-electron chi connectivity index (χ1n) is 4.12. The summed E-state index contributed by atoms with van der Waals surface area (Å²) < 4.78 is 0. The minimum atomic E-state index is 0.00231. The second kappa shape index (κ2) is 3.90. The maximum Gasteiger partial charge on any atom is 0.188 e. The lowest BCUT2D eigenvalue weighted by Crippen LogP contribution is -1.99. The fraction of sp³-hybridized carbons (Fsp3) is 0.182. The lowest BCUT2D eigenvalue weighted by Gasteiger charge is -1.99. The monoisotopic (exact) mass is 176 g/mol. The Kier molecular flexibility index (Phi) is 2.85. The molecule has 1 rings (SSSR count). The zero-order valence-electron chi connectivity index (χ0n) is 7.74. The van der Waals surface area contributed by atoms with Crippen LogP contribution in [0.3, 0.4) is 0 Å². The highest BCUT2D eigenvalue weighted by Gasteiger charge is 2.05. The number of ketones is 1. The van der Waals surface area contributed by atoms with E-state index < -0.39 is 0 Å². The van der Waals surface area contributed by atoms with Crippen LogP contribution in [0, 0.1) is 0 Å². The number of aromatic hydroxyl groups is 1. The van der Waals surface area contributed by atoms with Gasteiger partial charge in [0.2, 0.25) is 0 Å². The summed E-state index contributed by atoms with van der Waals surface area (Å²) in [6, 6.07) is 6.25. The van der Waals surface area contributed by atoms with Gasteiger partial charge in [0.05, 0.1) is 0 Å². The van der Waals surface area contributed by atoms with E-state index in [-0.39, 0.29) is 11.5 Å². The highest BCUT2D eigenvalue weighted by atomic mass is 16.3. The first kappa shape index (κ1) is 9.52. The van der Waals surface area contributed by atoms with Crippen LogP contribution in [0.25, 0.3) is 0 Å². The SMILES string of the molecule is C/C=C(\C)C(=O)c1ccc(O)cc1. The molecule has 68 valence electrons. The van der Waals surface area contributed by atoms with E-state index in [9.17, 15) is 4.79 Å². The van der Waals surface area contributed by atoms with Gasteiger partial charge in [-0.15, -0.1) is 0 Å². The fourth-order valence-corrected chi connectivity index (χ4v) is 0.972. The van der Waals surface area contributed by atoms with Crippen molar-refractivity contribution in [2.75, 3.05) is 0 Å². The Morgan fingerprint density at radius 1 is 1.31 bits per heavy atom. The van der Waals surface area contributed by atoms with Crippen LogP contribution in [0.5, 0.6) is 5.75 Å². The van der Waals surface area contributed by atoms with E-state index in [1.807, 2.05) is 6.92 Å². The van der Waals surface area contributed by atoms with E-state index >= 15 is 0 Å². The normalized spacial score (nSPS) is 11.4. The first-order valence-corrected chi connectivity index (χ1v) is 4.12. The summed E-state index contributed by atoms with van der Waals surface area (Å²) in [6.45, 7) is 3.60. The molecule has 13 heavy (non-hydrogen) atoms. The van der Waals surface area contributed by atoms with E-state index in [4.69, 9.17) is 5.11 Å². The van der Waals surface area contributed by atoms with Crippen molar-refractivity contribution in [1.82, 2.24) is 0 Å². The molecule has 2 nitrogen and oxygen atoms in total. The molecule has 2 heteroatoms. The third-order valence-electron chi connectivity index (χ3n) is 1.92. The number of carbonyl (C=O) groups excluding carboxylic acids is 1. The molecule has 0 bridgehead atoms. The van der Waals surface area contributed by atoms with E-state index in [1.54, 1.807) is 25.1 Å². The maximum atomic E-state index is 11.5. The lowest BCUT2D eigenvalue weighted by atomic mass is 10.0. The molecule has 0 saturated heterocycles. The van der Waals surface area contributed by atoms with Crippen molar-refractivity contribution in [3.05, 3.63) is 41.5 Å². The molecule has 0 aliphatic heterocycles. The number of carbonyl (C=O) groups is 1. The molecule has 1 aromatic carbocycles. The second-order valence-corrected chi connectivity index (χ2v) is 2.85. The van der Waals surface area contributed by atoms with Crippen LogP contribution in [0.4, 0.5) is 0 Å². The van der Waals surface area contributed by atoms with Crippen molar-refractivity contribution in [1.29, 1.82) is 0 Å². The van der Waals surface area contributed by atoms with E-state index in [1.165, 1.54) is 12.1 Å². The number of rotatable bonds is 2. The smallest absolute Gasteiger partial charge is 0.188 e. The summed E-state index contributed by atoms with van der Waals surface area (Å²) in [5, 5.41) is 9.01. The lowest BCUT2D eigenvalue weighted by molar-refractivity contribution is 0.103. The molecule has 0 radical (unpaired) electrons. The van der Waals surface area contributed by atoms with Gasteiger partial charge in [0.1, 0.15) is 5.75 Å². The highest BCUT2D eigenvalue weighted by Crippen LogP contribution is 2.12. The molecule has 0 unspecified atom stereocenters. The van der Waals surface area contributed by atoms with Crippen LogP contribution in [0.2, 0.25) is 0 Å². The summed E-state index contributed by atoms with van der Waals surface area (Å²) >= 11 is 0. The average Bonchev–Trinajstić information content (AvgIpc) is 2.17. The van der Waals surface area contributed by atoms with Crippen LogP contribution >= 0.6 is 0 Å². The highest BCUT2D eigenvalue weighted by molar-refractivity contribution is 6.08. The zero-order valence-corrected chi connectivity index (χ0v) is 7.74. The predicted octanol–water partition coefficient (Wildman–Crippen LogP) is 2.54. The number of Topliss-reactive ketones (excluding diaryl/α,β-unsaturated/α-hetero) is 1. The largest absolute Gasteiger partial charge is 0.508 e. The Hall–Kier alpha value is -1.57. The summed E-state index contributed by atoms with van der Waals surface area (Å²) in [5.74, 6) is 0.178. The summed E-state index contributed by atoms with van der Waals surface area (Å²) in [6.07, 6.45) is 1.77. The number of phenolic OH excluding ortho intramolecular Hbond substituents is 1. The predicted molar refractivity (Wildman–Crippen MR) is 51.9 cm³/mol. The summed E-state index contributed by atoms with van der Waals surface area (Å²) in [7, 11) is 0. The number of allylic oxidation sites excluding steroid dienone is 2. The number of hydrogen-bond donors (Lipinski definition) is 1. The molecule has 0 saturated carbocycles. The van der Waals surface area contributed by atoms with Gasteiger partial charge in [0, 0.05) is 5.56 Å². The molecule has 0 aromatic heterocycles. The van der Waals surface area contributed by atoms with Gasteiger partial charge in [-0.2, -0.15) is 0 Å². The van der Waals surface area contributed by atoms with Gasteiger partial charge in [-0.25, -0.2) is 0 Å². The second-order valence-electron chi connectivity index (χ2n) is 2.85. The van der Waals surface area contributed by atoms with Crippen molar-refractivity contribution in [3.63, 3.8) is 0 Å². The van der Waals surface area contributed by atoms with Crippen molar-refractivity contribution < 1.29 is 9.90 Å². The van der Waals surface area contributed by atoms with Crippen LogP contribution < -0.4 is 0 Å². The van der Waals surface area contributed by atoms with Gasteiger partial charge in [-0.05, 0) is 43.7 Å². The van der Waals surface area contributed by atoms with Crippen molar-refractivity contribution in [3.8, 4) is 5.75 Å². The minimum Gasteiger partial charge on any atom is -0.508 e. The molecule has 0 spiro atoms. The quantitative estimate of drug-likeness (QED) is 0.555. The van der Waals surface area contributed by atoms with Crippen LogP contribution in [0.1, 0.15) is 24.2 Å². The molecule has 1 aromatic rings. The van der Waals surface area contributed by atoms with Gasteiger partial charge < -0.3 is 5.11 Å². The summed E-state index contributed by atoms with van der Waals surface area (Å²) in [5.41, 5.74) is 1.32. The third-order valence-corrected chi connectivity index (χ3v) is 1.92. The zero-order chi connectivity index (χ0) is 9.84. The van der Waals surface area contributed by atoms with Gasteiger partial charge in [-0.3, -0.25) is 4.79 Å². The molecule has 0 heterocycles. The molecule has 1 N–H and O–H groups in total. The molecule has 0 atom stereocenters. The number of hydrogen-bond acceptors (Lipinski definition) is 2. The Labute approximate surface area is 77.5 Å². The molecule has 0 amide bonds. The van der Waals surface area contributed by atoms with Crippen molar-refractivity contribution in [2.24, 2.45) is 0 Å². The fourth-order valence-electron chi connectivity index (χ4n) is 0.972.